The van der Waals surface area contributed by atoms with Crippen LogP contribution in [0.15, 0.2) is 62.6 Å². The average Bonchev–Trinajstić information content (AvgIpc) is 2.66. The van der Waals surface area contributed by atoms with Gasteiger partial charge in [0.1, 0.15) is 16.2 Å². The average molecular weight is 410 g/mol. The van der Waals surface area contributed by atoms with Gasteiger partial charge in [-0.15, -0.1) is 4.40 Å². The molecule has 3 aromatic rings. The quantitative estimate of drug-likeness (QED) is 0.611. The summed E-state index contributed by atoms with van der Waals surface area (Å²) in [5.74, 6) is -0.501. The van der Waals surface area contributed by atoms with Crippen LogP contribution in [0.5, 0.6) is 5.75 Å². The number of nitrogens with one attached hydrogen (secondary N) is 2. The minimum absolute atomic E-state index is 0.0250. The van der Waals surface area contributed by atoms with Crippen molar-refractivity contribution in [1.29, 1.82) is 0 Å². The van der Waals surface area contributed by atoms with E-state index in [0.29, 0.717) is 16.6 Å². The van der Waals surface area contributed by atoms with Gasteiger partial charge in [-0.1, -0.05) is 24.3 Å². The highest BCUT2D eigenvalue weighted by Crippen LogP contribution is 2.32. The topological polar surface area (TPSA) is 113 Å². The molecular formula is C20H18N4O4S. The van der Waals surface area contributed by atoms with Gasteiger partial charge in [0, 0.05) is 11.4 Å². The number of anilines is 1. The second-order valence-electron chi connectivity index (χ2n) is 7.17. The van der Waals surface area contributed by atoms with Crippen molar-refractivity contribution >= 4 is 32.4 Å². The van der Waals surface area contributed by atoms with Gasteiger partial charge in [-0.2, -0.15) is 8.42 Å². The number of para-hydroxylation sites is 2. The van der Waals surface area contributed by atoms with E-state index in [-0.39, 0.29) is 28.1 Å². The number of hydrogen-bond donors (Lipinski definition) is 3. The van der Waals surface area contributed by atoms with E-state index in [1.165, 1.54) is 10.7 Å². The zero-order valence-corrected chi connectivity index (χ0v) is 16.1. The number of hydrogen-bond acceptors (Lipinski definition) is 6. The van der Waals surface area contributed by atoms with E-state index < -0.39 is 15.6 Å². The Morgan fingerprint density at radius 2 is 1.83 bits per heavy atom. The fourth-order valence-corrected chi connectivity index (χ4v) is 4.73. The highest BCUT2D eigenvalue weighted by molar-refractivity contribution is 7.90. The standard InChI is InChI=1S/C20H18N4O4S/c25-18-13-8-1-3-10-15(13)24(22-12-6-5-7-12)20(26)17(18)19-21-14-9-2-4-11-16(14)29(27,28)23-19/h1-4,8-12,22,25H,5-7H2,(H,21,23). The molecule has 1 aliphatic heterocycles. The number of benzene rings is 2. The van der Waals surface area contributed by atoms with E-state index in [9.17, 15) is 18.3 Å². The van der Waals surface area contributed by atoms with Gasteiger partial charge in [0.15, 0.2) is 5.84 Å². The molecule has 2 heterocycles. The van der Waals surface area contributed by atoms with E-state index in [1.54, 1.807) is 42.5 Å². The minimum Gasteiger partial charge on any atom is -0.506 e. The number of aromatic nitrogens is 1. The second-order valence-corrected chi connectivity index (χ2v) is 8.75. The summed E-state index contributed by atoms with van der Waals surface area (Å²) in [6.07, 6.45) is 2.97. The van der Waals surface area contributed by atoms with Gasteiger partial charge in [0.2, 0.25) is 0 Å². The Morgan fingerprint density at radius 3 is 2.59 bits per heavy atom. The molecule has 0 unspecified atom stereocenters. The number of aromatic hydroxyl groups is 1. The highest BCUT2D eigenvalue weighted by atomic mass is 32.2. The van der Waals surface area contributed by atoms with Crippen molar-refractivity contribution in [3.05, 3.63) is 64.4 Å². The predicted molar refractivity (Wildman–Crippen MR) is 111 cm³/mol. The lowest BCUT2D eigenvalue weighted by atomic mass is 9.94. The molecule has 0 atom stereocenters. The third-order valence-corrected chi connectivity index (χ3v) is 6.67. The molecule has 1 aromatic heterocycles. The van der Waals surface area contributed by atoms with E-state index >= 15 is 0 Å². The van der Waals surface area contributed by atoms with Gasteiger partial charge in [-0.3, -0.25) is 4.79 Å². The molecule has 9 heteroatoms. The third kappa shape index (κ3) is 2.77. The lowest BCUT2D eigenvalue weighted by molar-refractivity contribution is 0.414. The van der Waals surface area contributed by atoms with Gasteiger partial charge >= 0.3 is 0 Å². The van der Waals surface area contributed by atoms with Gasteiger partial charge in [-0.25, -0.2) is 4.68 Å². The summed E-state index contributed by atoms with van der Waals surface area (Å²) in [4.78, 5) is 13.4. The van der Waals surface area contributed by atoms with Gasteiger partial charge in [-0.05, 0) is 43.5 Å². The predicted octanol–water partition coefficient (Wildman–Crippen LogP) is 2.36. The lowest BCUT2D eigenvalue weighted by Crippen LogP contribution is -2.42. The van der Waals surface area contributed by atoms with Crippen molar-refractivity contribution in [2.45, 2.75) is 30.2 Å². The van der Waals surface area contributed by atoms with Gasteiger partial charge in [0.05, 0.1) is 11.2 Å². The summed E-state index contributed by atoms with van der Waals surface area (Å²) in [5, 5.41) is 14.2. The number of sulfonamides is 1. The first-order chi connectivity index (χ1) is 14.0. The van der Waals surface area contributed by atoms with Crippen molar-refractivity contribution in [3.8, 4) is 5.75 Å². The molecule has 5 rings (SSSR count). The fourth-order valence-electron chi connectivity index (χ4n) is 3.61. The highest BCUT2D eigenvalue weighted by Gasteiger charge is 2.30. The van der Waals surface area contributed by atoms with Gasteiger partial charge in [0.25, 0.3) is 15.6 Å². The van der Waals surface area contributed by atoms with Crippen molar-refractivity contribution in [2.24, 2.45) is 4.40 Å². The summed E-state index contributed by atoms with van der Waals surface area (Å²) in [6.45, 7) is 0. The van der Waals surface area contributed by atoms with E-state index in [2.05, 4.69) is 15.1 Å². The SMILES string of the molecule is O=c1c(C2=NS(=O)(=O)c3ccccc3N2)c(O)c2ccccc2n1NC1CCC1. The molecule has 8 nitrogen and oxygen atoms in total. The van der Waals surface area contributed by atoms with Crippen LogP contribution in [0.25, 0.3) is 10.9 Å². The molecular weight excluding hydrogens is 392 g/mol. The molecule has 0 bridgehead atoms. The van der Waals surface area contributed by atoms with Crippen LogP contribution in [0.3, 0.4) is 0 Å². The second kappa shape index (κ2) is 6.35. The summed E-state index contributed by atoms with van der Waals surface area (Å²) >= 11 is 0. The van der Waals surface area contributed by atoms with Crippen LogP contribution in [0.2, 0.25) is 0 Å². The number of amidine groups is 1. The van der Waals surface area contributed by atoms with Crippen LogP contribution in [0.4, 0.5) is 5.69 Å². The number of nitrogens with zero attached hydrogens (tertiary/aromatic N) is 2. The zero-order chi connectivity index (χ0) is 20.2. The van der Waals surface area contributed by atoms with E-state index in [4.69, 9.17) is 0 Å². The molecule has 29 heavy (non-hydrogen) atoms. The van der Waals surface area contributed by atoms with Gasteiger partial charge < -0.3 is 15.8 Å². The maximum absolute atomic E-state index is 13.3. The molecule has 2 aromatic carbocycles. The third-order valence-electron chi connectivity index (χ3n) is 5.34. The largest absolute Gasteiger partial charge is 0.506 e. The van der Waals surface area contributed by atoms with Crippen molar-refractivity contribution in [2.75, 3.05) is 10.7 Å². The van der Waals surface area contributed by atoms with Crippen LogP contribution in [0, 0.1) is 0 Å². The van der Waals surface area contributed by atoms with E-state index in [1.807, 2.05) is 0 Å². The fraction of sp³-hybridized carbons (Fsp3) is 0.200. The van der Waals surface area contributed by atoms with Crippen LogP contribution in [-0.4, -0.2) is 30.1 Å². The van der Waals surface area contributed by atoms with Crippen molar-refractivity contribution in [1.82, 2.24) is 4.68 Å². The normalized spacial score (nSPS) is 17.7. The molecule has 148 valence electrons. The first-order valence-electron chi connectivity index (χ1n) is 9.30. The Kier molecular flexibility index (Phi) is 3.88. The summed E-state index contributed by atoms with van der Waals surface area (Å²) in [7, 11) is -4.01. The molecule has 1 fully saturated rings. The zero-order valence-electron chi connectivity index (χ0n) is 15.3. The lowest BCUT2D eigenvalue weighted by Gasteiger charge is -2.29. The first kappa shape index (κ1) is 17.7. The smallest absolute Gasteiger partial charge is 0.286 e. The Bertz CT molecular complexity index is 1340. The Labute approximate surface area is 166 Å². The van der Waals surface area contributed by atoms with Crippen LogP contribution in [-0.2, 0) is 10.0 Å². The maximum Gasteiger partial charge on any atom is 0.286 e. The Morgan fingerprint density at radius 1 is 1.10 bits per heavy atom. The van der Waals surface area contributed by atoms with Crippen molar-refractivity contribution < 1.29 is 13.5 Å². The summed E-state index contributed by atoms with van der Waals surface area (Å²) in [5.41, 5.74) is 3.28. The first-order valence-corrected chi connectivity index (χ1v) is 10.7. The molecule has 0 amide bonds. The number of pyridine rings is 1. The molecule has 1 saturated carbocycles. The summed E-state index contributed by atoms with van der Waals surface area (Å²) < 4.78 is 30.4. The summed E-state index contributed by atoms with van der Waals surface area (Å²) in [6, 6.07) is 13.4. The monoisotopic (exact) mass is 410 g/mol. The van der Waals surface area contributed by atoms with Crippen molar-refractivity contribution in [3.63, 3.8) is 0 Å². The van der Waals surface area contributed by atoms with Crippen LogP contribution in [0.1, 0.15) is 24.8 Å². The molecule has 3 N–H and O–H groups in total. The minimum atomic E-state index is -4.01. The van der Waals surface area contributed by atoms with E-state index in [0.717, 1.165) is 19.3 Å². The molecule has 0 spiro atoms. The molecule has 1 aliphatic carbocycles. The van der Waals surface area contributed by atoms with Crippen LogP contribution >= 0.6 is 0 Å². The molecule has 0 saturated heterocycles. The number of rotatable bonds is 3. The maximum atomic E-state index is 13.3. The Hall–Kier alpha value is -3.33. The Balaban J connectivity index is 1.76. The molecule has 0 radical (unpaired) electrons. The van der Waals surface area contributed by atoms with Crippen LogP contribution < -0.4 is 16.3 Å². The molecule has 2 aliphatic rings. The number of fused-ring (bicyclic) bond motifs is 2.